The summed E-state index contributed by atoms with van der Waals surface area (Å²) in [7, 11) is -3.46. The van der Waals surface area contributed by atoms with Crippen molar-refractivity contribution in [2.75, 3.05) is 18.2 Å². The first kappa shape index (κ1) is 18.6. The topological polar surface area (TPSA) is 89.5 Å². The number of benzene rings is 2. The van der Waals surface area contributed by atoms with Crippen LogP contribution in [-0.2, 0) is 19.4 Å². The Hall–Kier alpha value is -2.74. The van der Waals surface area contributed by atoms with Crippen molar-refractivity contribution in [2.24, 2.45) is 0 Å². The Morgan fingerprint density at radius 1 is 1.16 bits per heavy atom. The van der Waals surface area contributed by atoms with E-state index in [1.807, 2.05) is 0 Å². The fourth-order valence-electron chi connectivity index (χ4n) is 1.98. The molecular formula is C17H16FNO5S. The second kappa shape index (κ2) is 7.43. The van der Waals surface area contributed by atoms with Crippen molar-refractivity contribution in [1.82, 2.24) is 0 Å². The maximum absolute atomic E-state index is 13.2. The number of hydrogen-bond acceptors (Lipinski definition) is 5. The van der Waals surface area contributed by atoms with Gasteiger partial charge >= 0.3 is 5.97 Å². The number of ether oxygens (including phenoxy) is 1. The van der Waals surface area contributed by atoms with Gasteiger partial charge in [-0.15, -0.1) is 0 Å². The number of halogens is 1. The summed E-state index contributed by atoms with van der Waals surface area (Å²) >= 11 is 0. The maximum atomic E-state index is 13.2. The molecule has 1 amide bonds. The Balaban J connectivity index is 2.00. The predicted octanol–water partition coefficient (Wildman–Crippen LogP) is 2.33. The average Bonchev–Trinajstić information content (AvgIpc) is 2.55. The number of rotatable bonds is 5. The van der Waals surface area contributed by atoms with Gasteiger partial charge in [0, 0.05) is 11.9 Å². The summed E-state index contributed by atoms with van der Waals surface area (Å²) < 4.78 is 41.0. The maximum Gasteiger partial charge on any atom is 0.338 e. The van der Waals surface area contributed by atoms with Crippen LogP contribution >= 0.6 is 0 Å². The highest BCUT2D eigenvalue weighted by Crippen LogP contribution is 2.16. The molecule has 0 aliphatic carbocycles. The first-order valence-electron chi connectivity index (χ1n) is 7.20. The van der Waals surface area contributed by atoms with Gasteiger partial charge < -0.3 is 10.1 Å². The van der Waals surface area contributed by atoms with Crippen LogP contribution in [0.2, 0.25) is 0 Å². The molecule has 2 rings (SSSR count). The highest BCUT2D eigenvalue weighted by molar-refractivity contribution is 7.90. The molecule has 0 atom stereocenters. The minimum absolute atomic E-state index is 0.0117. The number of amides is 1. The molecule has 0 saturated heterocycles. The molecule has 1 N–H and O–H groups in total. The third-order valence-corrected chi connectivity index (χ3v) is 4.42. The fourth-order valence-corrected chi connectivity index (χ4v) is 2.65. The normalized spacial score (nSPS) is 11.0. The Morgan fingerprint density at radius 2 is 1.88 bits per heavy atom. The molecule has 0 fully saturated rings. The summed E-state index contributed by atoms with van der Waals surface area (Å²) in [6.45, 7) is 1.11. The zero-order valence-electron chi connectivity index (χ0n) is 13.6. The quantitative estimate of drug-likeness (QED) is 0.822. The van der Waals surface area contributed by atoms with Crippen molar-refractivity contribution < 1.29 is 27.1 Å². The lowest BCUT2D eigenvalue weighted by Crippen LogP contribution is -2.21. The zero-order valence-corrected chi connectivity index (χ0v) is 14.4. The lowest BCUT2D eigenvalue weighted by atomic mass is 10.2. The van der Waals surface area contributed by atoms with Gasteiger partial charge in [-0.25, -0.2) is 17.6 Å². The van der Waals surface area contributed by atoms with Crippen LogP contribution in [0.4, 0.5) is 10.1 Å². The number of anilines is 1. The lowest BCUT2D eigenvalue weighted by molar-refractivity contribution is -0.119. The summed E-state index contributed by atoms with van der Waals surface area (Å²) in [6.07, 6.45) is 1.02. The van der Waals surface area contributed by atoms with Gasteiger partial charge in [0.25, 0.3) is 5.91 Å². The lowest BCUT2D eigenvalue weighted by Gasteiger charge is -2.09. The van der Waals surface area contributed by atoms with Gasteiger partial charge in [0.15, 0.2) is 16.4 Å². The summed E-state index contributed by atoms with van der Waals surface area (Å²) in [5.74, 6) is -1.98. The number of aryl methyl sites for hydroxylation is 1. The van der Waals surface area contributed by atoms with Gasteiger partial charge in [-0.1, -0.05) is 12.1 Å². The zero-order chi connectivity index (χ0) is 18.6. The third kappa shape index (κ3) is 5.12. The molecule has 0 saturated carbocycles. The molecule has 0 bridgehead atoms. The van der Waals surface area contributed by atoms with Crippen LogP contribution in [0.15, 0.2) is 47.4 Å². The minimum atomic E-state index is -3.46. The molecule has 0 aromatic heterocycles. The van der Waals surface area contributed by atoms with Crippen LogP contribution in [0.3, 0.4) is 0 Å². The number of nitrogens with one attached hydrogen (secondary N) is 1. The number of sulfone groups is 1. The predicted molar refractivity (Wildman–Crippen MR) is 89.6 cm³/mol. The van der Waals surface area contributed by atoms with Crippen molar-refractivity contribution in [3.8, 4) is 0 Å². The average molecular weight is 365 g/mol. The molecule has 132 valence electrons. The molecule has 0 aliphatic heterocycles. The summed E-state index contributed by atoms with van der Waals surface area (Å²) in [5, 5.41) is 2.44. The molecule has 0 heterocycles. The molecule has 6 nitrogen and oxygen atoms in total. The van der Waals surface area contributed by atoms with Gasteiger partial charge in [0.1, 0.15) is 5.82 Å². The van der Waals surface area contributed by atoms with Gasteiger partial charge in [-0.3, -0.25) is 4.79 Å². The molecule has 25 heavy (non-hydrogen) atoms. The monoisotopic (exact) mass is 365 g/mol. The first-order chi connectivity index (χ1) is 11.7. The van der Waals surface area contributed by atoms with E-state index in [2.05, 4.69) is 5.32 Å². The van der Waals surface area contributed by atoms with E-state index in [9.17, 15) is 22.4 Å². The second-order valence-corrected chi connectivity index (χ2v) is 7.40. The largest absolute Gasteiger partial charge is 0.452 e. The second-order valence-electron chi connectivity index (χ2n) is 5.38. The van der Waals surface area contributed by atoms with E-state index >= 15 is 0 Å². The smallest absolute Gasteiger partial charge is 0.338 e. The van der Waals surface area contributed by atoms with Crippen LogP contribution in [-0.4, -0.2) is 33.2 Å². The van der Waals surface area contributed by atoms with E-state index in [4.69, 9.17) is 4.74 Å². The van der Waals surface area contributed by atoms with Gasteiger partial charge in [0.2, 0.25) is 0 Å². The van der Waals surface area contributed by atoms with Crippen LogP contribution in [0.5, 0.6) is 0 Å². The van der Waals surface area contributed by atoms with Gasteiger partial charge in [-0.05, 0) is 42.8 Å². The van der Waals surface area contributed by atoms with E-state index in [-0.39, 0.29) is 16.1 Å². The van der Waals surface area contributed by atoms with Gasteiger partial charge in [0.05, 0.1) is 10.5 Å². The van der Waals surface area contributed by atoms with Crippen LogP contribution in [0.1, 0.15) is 15.9 Å². The number of esters is 1. The van der Waals surface area contributed by atoms with Crippen LogP contribution in [0, 0.1) is 12.7 Å². The fraction of sp³-hybridized carbons (Fsp3) is 0.176. The molecule has 0 unspecified atom stereocenters. The Labute approximate surface area is 144 Å². The van der Waals surface area contributed by atoms with Crippen molar-refractivity contribution >= 4 is 27.4 Å². The number of hydrogen-bond donors (Lipinski definition) is 1. The molecular weight excluding hydrogens is 349 g/mol. The van der Waals surface area contributed by atoms with Gasteiger partial charge in [-0.2, -0.15) is 0 Å². The molecule has 0 aliphatic rings. The third-order valence-electron chi connectivity index (χ3n) is 3.31. The van der Waals surface area contributed by atoms with Crippen molar-refractivity contribution in [3.05, 3.63) is 59.4 Å². The molecule has 2 aromatic rings. The summed E-state index contributed by atoms with van der Waals surface area (Å²) in [5.41, 5.74) is 0.944. The number of carbonyl (C=O) groups is 2. The van der Waals surface area contributed by atoms with E-state index in [1.54, 1.807) is 6.92 Å². The molecule has 2 aromatic carbocycles. The highest BCUT2D eigenvalue weighted by Gasteiger charge is 2.14. The summed E-state index contributed by atoms with van der Waals surface area (Å²) in [4.78, 5) is 23.7. The molecule has 0 radical (unpaired) electrons. The van der Waals surface area contributed by atoms with Crippen molar-refractivity contribution in [2.45, 2.75) is 11.8 Å². The molecule has 0 spiro atoms. The Kier molecular flexibility index (Phi) is 5.53. The van der Waals surface area contributed by atoms with Crippen LogP contribution < -0.4 is 5.32 Å². The molecule has 8 heteroatoms. The van der Waals surface area contributed by atoms with Crippen molar-refractivity contribution in [1.29, 1.82) is 0 Å². The van der Waals surface area contributed by atoms with E-state index < -0.39 is 34.1 Å². The standard InChI is InChI=1S/C17H16FNO5S/c1-11-6-7-13(18)9-15(11)19-16(20)10-24-17(21)12-4-3-5-14(8-12)25(2,22)23/h3-9H,10H2,1-2H3,(H,19,20). The van der Waals surface area contributed by atoms with E-state index in [0.29, 0.717) is 5.56 Å². The highest BCUT2D eigenvalue weighted by atomic mass is 32.2. The first-order valence-corrected chi connectivity index (χ1v) is 9.09. The van der Waals surface area contributed by atoms with E-state index in [1.165, 1.54) is 36.4 Å². The van der Waals surface area contributed by atoms with Crippen molar-refractivity contribution in [3.63, 3.8) is 0 Å². The minimum Gasteiger partial charge on any atom is -0.452 e. The Bertz CT molecular complexity index is 924. The van der Waals surface area contributed by atoms with Crippen LogP contribution in [0.25, 0.3) is 0 Å². The van der Waals surface area contributed by atoms with E-state index in [0.717, 1.165) is 12.3 Å². The summed E-state index contributed by atoms with van der Waals surface area (Å²) in [6, 6.07) is 9.24. The Morgan fingerprint density at radius 3 is 2.56 bits per heavy atom. The number of carbonyl (C=O) groups excluding carboxylic acids is 2. The SMILES string of the molecule is Cc1ccc(F)cc1NC(=O)COC(=O)c1cccc(S(C)(=O)=O)c1.